The van der Waals surface area contributed by atoms with E-state index in [-0.39, 0.29) is 24.2 Å². The summed E-state index contributed by atoms with van der Waals surface area (Å²) in [4.78, 5) is 28.1. The van der Waals surface area contributed by atoms with E-state index in [9.17, 15) is 9.59 Å². The van der Waals surface area contributed by atoms with Crippen molar-refractivity contribution in [2.45, 2.75) is 72.6 Å². The van der Waals surface area contributed by atoms with Gasteiger partial charge in [-0.2, -0.15) is 0 Å². The maximum atomic E-state index is 12.2. The first-order valence-corrected chi connectivity index (χ1v) is 7.89. The zero-order valence-electron chi connectivity index (χ0n) is 15.4. The van der Waals surface area contributed by atoms with Gasteiger partial charge < -0.3 is 13.9 Å². The van der Waals surface area contributed by atoms with Gasteiger partial charge in [0.2, 0.25) is 0 Å². The molecule has 0 saturated carbocycles. The molecule has 0 spiro atoms. The molecule has 0 unspecified atom stereocenters. The van der Waals surface area contributed by atoms with Crippen LogP contribution in [-0.4, -0.2) is 34.4 Å². The minimum Gasteiger partial charge on any atom is -0.446 e. The van der Waals surface area contributed by atoms with Gasteiger partial charge in [-0.3, -0.25) is 0 Å². The van der Waals surface area contributed by atoms with Crippen LogP contribution in [0.4, 0.5) is 9.59 Å². The van der Waals surface area contributed by atoms with Crippen molar-refractivity contribution in [3.05, 3.63) is 17.8 Å². The lowest BCUT2D eigenvalue weighted by atomic mass is 9.97. The van der Waals surface area contributed by atoms with E-state index in [1.807, 2.05) is 20.8 Å². The monoisotopic (exact) mass is 341 g/mol. The molecule has 1 heterocycles. The molecule has 0 atom stereocenters. The number of nitrogens with zero attached hydrogens (tertiary/aromatic N) is 2. The van der Waals surface area contributed by atoms with Crippen molar-refractivity contribution < 1.29 is 23.5 Å². The Morgan fingerprint density at radius 3 is 2.25 bits per heavy atom. The molecule has 0 aliphatic carbocycles. The molecule has 0 saturated heterocycles. The van der Waals surface area contributed by atoms with E-state index in [1.54, 1.807) is 27.7 Å². The summed E-state index contributed by atoms with van der Waals surface area (Å²) in [5.41, 5.74) is 2.10. The van der Waals surface area contributed by atoms with Crippen LogP contribution in [0.1, 0.15) is 60.1 Å². The lowest BCUT2D eigenvalue weighted by Crippen LogP contribution is -2.47. The number of aromatic nitrogens is 1. The second-order valence-corrected chi connectivity index (χ2v) is 6.97. The van der Waals surface area contributed by atoms with Crippen LogP contribution >= 0.6 is 0 Å². The fourth-order valence-electron chi connectivity index (χ4n) is 1.65. The molecule has 24 heavy (non-hydrogen) atoms. The van der Waals surface area contributed by atoms with E-state index in [2.05, 4.69) is 10.4 Å². The van der Waals surface area contributed by atoms with E-state index in [0.29, 0.717) is 11.7 Å². The number of ether oxygens (including phenoxy) is 2. The van der Waals surface area contributed by atoms with Crippen LogP contribution < -0.4 is 5.43 Å². The van der Waals surface area contributed by atoms with Crippen LogP contribution in [0.15, 0.2) is 10.6 Å². The standard InChI is InChI=1S/C16H27N3O5/c1-10(2)22-14(20)18-19(15(21)23-11(3)4)9-12-8-17-13(24-12)16(5,6)7/h8,10-11H,9H2,1-7H3,(H,18,20). The molecule has 1 aromatic rings. The average molecular weight is 341 g/mol. The van der Waals surface area contributed by atoms with Gasteiger partial charge >= 0.3 is 12.2 Å². The minimum atomic E-state index is -0.749. The fraction of sp³-hybridized carbons (Fsp3) is 0.688. The van der Waals surface area contributed by atoms with Crippen molar-refractivity contribution in [3.63, 3.8) is 0 Å². The van der Waals surface area contributed by atoms with E-state index >= 15 is 0 Å². The molecule has 1 rings (SSSR count). The third-order valence-electron chi connectivity index (χ3n) is 2.64. The summed E-state index contributed by atoms with van der Waals surface area (Å²) >= 11 is 0. The lowest BCUT2D eigenvalue weighted by Gasteiger charge is -2.23. The molecule has 0 radical (unpaired) electrons. The molecule has 0 fully saturated rings. The summed E-state index contributed by atoms with van der Waals surface area (Å²) in [6, 6.07) is 0. The minimum absolute atomic E-state index is 0.0260. The second-order valence-electron chi connectivity index (χ2n) is 6.97. The van der Waals surface area contributed by atoms with E-state index in [1.165, 1.54) is 6.20 Å². The fourth-order valence-corrected chi connectivity index (χ4v) is 1.65. The summed E-state index contributed by atoms with van der Waals surface area (Å²) in [6.07, 6.45) is -0.583. The number of nitrogens with one attached hydrogen (secondary N) is 1. The first-order chi connectivity index (χ1) is 11.0. The summed E-state index contributed by atoms with van der Waals surface area (Å²) in [6.45, 7) is 12.7. The smallest absolute Gasteiger partial charge is 0.429 e. The highest BCUT2D eigenvalue weighted by Crippen LogP contribution is 2.22. The number of rotatable bonds is 4. The van der Waals surface area contributed by atoms with Gasteiger partial charge in [0.25, 0.3) is 0 Å². The van der Waals surface area contributed by atoms with E-state index in [4.69, 9.17) is 13.9 Å². The van der Waals surface area contributed by atoms with Gasteiger partial charge in [-0.15, -0.1) is 0 Å². The zero-order valence-corrected chi connectivity index (χ0v) is 15.4. The van der Waals surface area contributed by atoms with Gasteiger partial charge in [-0.25, -0.2) is 25.0 Å². The zero-order chi connectivity index (χ0) is 18.5. The summed E-state index contributed by atoms with van der Waals surface area (Å²) in [5.74, 6) is 0.963. The lowest BCUT2D eigenvalue weighted by molar-refractivity contribution is 0.0420. The molecule has 8 heteroatoms. The third kappa shape index (κ3) is 6.47. The van der Waals surface area contributed by atoms with E-state index < -0.39 is 12.2 Å². The molecule has 1 N–H and O–H groups in total. The van der Waals surface area contributed by atoms with Crippen LogP contribution in [-0.2, 0) is 21.4 Å². The van der Waals surface area contributed by atoms with Crippen molar-refractivity contribution in [3.8, 4) is 0 Å². The van der Waals surface area contributed by atoms with Crippen molar-refractivity contribution >= 4 is 12.2 Å². The van der Waals surface area contributed by atoms with Crippen molar-refractivity contribution in [1.29, 1.82) is 0 Å². The number of oxazole rings is 1. The Bertz CT molecular complexity index is 560. The van der Waals surface area contributed by atoms with Crippen LogP contribution in [0.2, 0.25) is 0 Å². The molecule has 1 aromatic heterocycles. The van der Waals surface area contributed by atoms with Gasteiger partial charge in [-0.1, -0.05) is 20.8 Å². The van der Waals surface area contributed by atoms with Crippen molar-refractivity contribution in [2.75, 3.05) is 0 Å². The van der Waals surface area contributed by atoms with Gasteiger partial charge in [-0.05, 0) is 27.7 Å². The maximum Gasteiger partial charge on any atom is 0.429 e. The highest BCUT2D eigenvalue weighted by atomic mass is 16.6. The Hall–Kier alpha value is -2.25. The SMILES string of the molecule is CC(C)OC(=O)NN(Cc1cnc(C(C)(C)C)o1)C(=O)OC(C)C. The number of amides is 2. The molecule has 0 aromatic carbocycles. The van der Waals surface area contributed by atoms with Crippen molar-refractivity contribution in [2.24, 2.45) is 0 Å². The Kier molecular flexibility index (Phi) is 6.62. The van der Waals surface area contributed by atoms with Gasteiger partial charge in [0.05, 0.1) is 18.4 Å². The van der Waals surface area contributed by atoms with Crippen molar-refractivity contribution in [1.82, 2.24) is 15.4 Å². The number of carbonyl (C=O) groups is 2. The predicted molar refractivity (Wildman–Crippen MR) is 87.1 cm³/mol. The molecule has 0 aliphatic heterocycles. The molecule has 136 valence electrons. The summed E-state index contributed by atoms with van der Waals surface area (Å²) in [7, 11) is 0. The predicted octanol–water partition coefficient (Wildman–Crippen LogP) is 3.37. The molecule has 8 nitrogen and oxygen atoms in total. The van der Waals surface area contributed by atoms with Crippen LogP contribution in [0.25, 0.3) is 0 Å². The largest absolute Gasteiger partial charge is 0.446 e. The first kappa shape index (κ1) is 19.8. The topological polar surface area (TPSA) is 93.9 Å². The Balaban J connectivity index is 2.86. The van der Waals surface area contributed by atoms with Crippen LogP contribution in [0, 0.1) is 0 Å². The number of hydrogen-bond donors (Lipinski definition) is 1. The van der Waals surface area contributed by atoms with E-state index in [0.717, 1.165) is 5.01 Å². The first-order valence-electron chi connectivity index (χ1n) is 7.89. The average Bonchev–Trinajstić information content (AvgIpc) is 2.84. The third-order valence-corrected chi connectivity index (χ3v) is 2.64. The Morgan fingerprint density at radius 2 is 1.79 bits per heavy atom. The number of hydrogen-bond acceptors (Lipinski definition) is 6. The normalized spacial score (nSPS) is 11.5. The Labute approximate surface area is 142 Å². The molecule has 0 bridgehead atoms. The maximum absolute atomic E-state index is 12.2. The van der Waals surface area contributed by atoms with Gasteiger partial charge in [0, 0.05) is 5.41 Å². The van der Waals surface area contributed by atoms with Gasteiger partial charge in [0.1, 0.15) is 12.3 Å². The molecular weight excluding hydrogens is 314 g/mol. The molecule has 0 aliphatic rings. The molecule has 2 amide bonds. The summed E-state index contributed by atoms with van der Waals surface area (Å²) in [5, 5.41) is 0.998. The summed E-state index contributed by atoms with van der Waals surface area (Å²) < 4.78 is 15.8. The molecular formula is C16H27N3O5. The highest BCUT2D eigenvalue weighted by Gasteiger charge is 2.25. The highest BCUT2D eigenvalue weighted by molar-refractivity contribution is 5.74. The second kappa shape index (κ2) is 8.03. The van der Waals surface area contributed by atoms with Crippen LogP contribution in [0.3, 0.4) is 0 Å². The quantitative estimate of drug-likeness (QED) is 0.844. The van der Waals surface area contributed by atoms with Gasteiger partial charge in [0.15, 0.2) is 5.89 Å². The number of carbonyl (C=O) groups excluding carboxylic acids is 2. The number of hydrazine groups is 1. The Morgan fingerprint density at radius 1 is 1.21 bits per heavy atom. The van der Waals surface area contributed by atoms with Crippen LogP contribution in [0.5, 0.6) is 0 Å².